The fraction of sp³-hybridized carbons (Fsp3) is 0.273. The van der Waals surface area contributed by atoms with E-state index >= 15 is 0 Å². The van der Waals surface area contributed by atoms with Crippen LogP contribution in [0.1, 0.15) is 42.4 Å². The quantitative estimate of drug-likeness (QED) is 0.665. The topological polar surface area (TPSA) is 46.9 Å². The maximum atomic E-state index is 12.9. The number of benzene rings is 2. The Balaban J connectivity index is 2.15. The van der Waals surface area contributed by atoms with Crippen LogP contribution in [0.25, 0.3) is 16.9 Å². The maximum absolute atomic E-state index is 12.9. The summed E-state index contributed by atoms with van der Waals surface area (Å²) in [6.45, 7) is 9.99. The maximum Gasteiger partial charge on any atom is 0.270 e. The van der Waals surface area contributed by atoms with Crippen molar-refractivity contribution in [2.24, 2.45) is 0 Å². The monoisotopic (exact) mass is 381 g/mol. The van der Waals surface area contributed by atoms with Gasteiger partial charge in [0, 0.05) is 11.1 Å². The van der Waals surface area contributed by atoms with Crippen LogP contribution in [0.2, 0.25) is 5.02 Å². The highest BCUT2D eigenvalue weighted by molar-refractivity contribution is 6.32. The third kappa shape index (κ3) is 4.22. The highest BCUT2D eigenvalue weighted by Crippen LogP contribution is 2.27. The molecule has 0 radical (unpaired) electrons. The third-order valence-electron chi connectivity index (χ3n) is 4.31. The van der Waals surface area contributed by atoms with Gasteiger partial charge < -0.3 is 5.32 Å². The van der Waals surface area contributed by atoms with E-state index in [-0.39, 0.29) is 11.4 Å². The first-order chi connectivity index (χ1) is 12.7. The Morgan fingerprint density at radius 3 is 2.37 bits per heavy atom. The highest BCUT2D eigenvalue weighted by atomic mass is 35.5. The summed E-state index contributed by atoms with van der Waals surface area (Å²) in [4.78, 5) is 12.9. The van der Waals surface area contributed by atoms with Gasteiger partial charge in [-0.1, -0.05) is 35.9 Å². The van der Waals surface area contributed by atoms with Crippen LogP contribution in [-0.4, -0.2) is 21.2 Å². The van der Waals surface area contributed by atoms with Crippen molar-refractivity contribution in [2.75, 3.05) is 0 Å². The molecule has 0 unspecified atom stereocenters. The number of carbonyl (C=O) groups excluding carboxylic acids is 1. The lowest BCUT2D eigenvalue weighted by atomic mass is 10.0. The first-order valence-corrected chi connectivity index (χ1v) is 9.28. The van der Waals surface area contributed by atoms with Crippen LogP contribution in [0.15, 0.2) is 48.5 Å². The SMILES string of the molecule is Cc1ccc(-c2cc(C(=O)NC(C)(C)C)n(-c3ccccc3Cl)n2)cc1C. The van der Waals surface area contributed by atoms with E-state index in [2.05, 4.69) is 31.3 Å². The number of carbonyl (C=O) groups is 1. The lowest BCUT2D eigenvalue weighted by Crippen LogP contribution is -2.41. The van der Waals surface area contributed by atoms with Gasteiger partial charge in [0.2, 0.25) is 0 Å². The van der Waals surface area contributed by atoms with Crippen LogP contribution < -0.4 is 5.32 Å². The molecule has 0 aliphatic rings. The largest absolute Gasteiger partial charge is 0.346 e. The van der Waals surface area contributed by atoms with E-state index in [0.29, 0.717) is 16.4 Å². The first kappa shape index (κ1) is 19.2. The van der Waals surface area contributed by atoms with Crippen molar-refractivity contribution in [1.82, 2.24) is 15.1 Å². The van der Waals surface area contributed by atoms with Crippen LogP contribution >= 0.6 is 11.6 Å². The summed E-state index contributed by atoms with van der Waals surface area (Å²) >= 11 is 6.38. The van der Waals surface area contributed by atoms with Crippen molar-refractivity contribution in [3.05, 3.63) is 70.4 Å². The zero-order valence-corrected chi connectivity index (χ0v) is 17.1. The number of aromatic nitrogens is 2. The molecule has 2 aromatic carbocycles. The molecule has 1 N–H and O–H groups in total. The van der Waals surface area contributed by atoms with Gasteiger partial charge in [0.25, 0.3) is 5.91 Å². The van der Waals surface area contributed by atoms with E-state index < -0.39 is 0 Å². The van der Waals surface area contributed by atoms with Gasteiger partial charge in [-0.3, -0.25) is 4.79 Å². The molecule has 0 bridgehead atoms. The van der Waals surface area contributed by atoms with Gasteiger partial charge in [0.05, 0.1) is 16.4 Å². The normalized spacial score (nSPS) is 11.5. The Morgan fingerprint density at radius 2 is 1.74 bits per heavy atom. The summed E-state index contributed by atoms with van der Waals surface area (Å²) in [7, 11) is 0. The second-order valence-electron chi connectivity index (χ2n) is 7.78. The molecule has 3 aromatic rings. The highest BCUT2D eigenvalue weighted by Gasteiger charge is 2.22. The Hall–Kier alpha value is -2.59. The Kier molecular flexibility index (Phi) is 5.11. The van der Waals surface area contributed by atoms with Crippen molar-refractivity contribution in [2.45, 2.75) is 40.2 Å². The van der Waals surface area contributed by atoms with E-state index in [9.17, 15) is 4.79 Å². The zero-order valence-electron chi connectivity index (χ0n) is 16.3. The zero-order chi connectivity index (χ0) is 19.8. The number of hydrogen-bond acceptors (Lipinski definition) is 2. The summed E-state index contributed by atoms with van der Waals surface area (Å²) < 4.78 is 1.62. The third-order valence-corrected chi connectivity index (χ3v) is 4.63. The smallest absolute Gasteiger partial charge is 0.270 e. The number of nitrogens with zero attached hydrogens (tertiary/aromatic N) is 2. The Morgan fingerprint density at radius 1 is 1.04 bits per heavy atom. The predicted molar refractivity (Wildman–Crippen MR) is 111 cm³/mol. The number of halogens is 1. The molecule has 0 fully saturated rings. The summed E-state index contributed by atoms with van der Waals surface area (Å²) in [5.74, 6) is -0.190. The molecule has 0 atom stereocenters. The van der Waals surface area contributed by atoms with Crippen molar-refractivity contribution in [3.8, 4) is 16.9 Å². The van der Waals surface area contributed by atoms with Crippen LogP contribution in [0.4, 0.5) is 0 Å². The fourth-order valence-electron chi connectivity index (χ4n) is 2.80. The Bertz CT molecular complexity index is 999. The molecule has 5 heteroatoms. The van der Waals surface area contributed by atoms with Crippen LogP contribution in [0, 0.1) is 13.8 Å². The van der Waals surface area contributed by atoms with E-state index in [4.69, 9.17) is 16.7 Å². The van der Waals surface area contributed by atoms with Gasteiger partial charge >= 0.3 is 0 Å². The minimum atomic E-state index is -0.354. The molecule has 1 heterocycles. The molecule has 1 amide bonds. The van der Waals surface area contributed by atoms with E-state index in [1.807, 2.05) is 51.1 Å². The average molecular weight is 382 g/mol. The predicted octanol–water partition coefficient (Wildman–Crippen LogP) is 5.34. The second-order valence-corrected chi connectivity index (χ2v) is 8.19. The number of amides is 1. The summed E-state index contributed by atoms with van der Waals surface area (Å²) in [5.41, 5.74) is 4.87. The standard InChI is InChI=1S/C22H24ClN3O/c1-14-10-11-16(12-15(14)2)18-13-20(21(27)24-22(3,4)5)26(25-18)19-9-7-6-8-17(19)23/h6-13H,1-5H3,(H,24,27). The van der Waals surface area contributed by atoms with Gasteiger partial charge in [-0.15, -0.1) is 0 Å². The molecule has 0 aliphatic carbocycles. The lowest BCUT2D eigenvalue weighted by molar-refractivity contribution is 0.0911. The van der Waals surface area contributed by atoms with E-state index in [1.165, 1.54) is 11.1 Å². The number of aryl methyl sites for hydroxylation is 2. The molecular formula is C22H24ClN3O. The molecule has 4 nitrogen and oxygen atoms in total. The molecular weight excluding hydrogens is 358 g/mol. The van der Waals surface area contributed by atoms with Crippen molar-refractivity contribution >= 4 is 17.5 Å². The number of rotatable bonds is 3. The fourth-order valence-corrected chi connectivity index (χ4v) is 3.01. The average Bonchev–Trinajstić information content (AvgIpc) is 3.01. The lowest BCUT2D eigenvalue weighted by Gasteiger charge is -2.20. The molecule has 27 heavy (non-hydrogen) atoms. The molecule has 0 spiro atoms. The number of hydrogen-bond donors (Lipinski definition) is 1. The van der Waals surface area contributed by atoms with Gasteiger partial charge in [0.15, 0.2) is 0 Å². The van der Waals surface area contributed by atoms with Crippen LogP contribution in [0.3, 0.4) is 0 Å². The molecule has 1 aromatic heterocycles. The van der Waals surface area contributed by atoms with Crippen LogP contribution in [-0.2, 0) is 0 Å². The molecule has 0 aliphatic heterocycles. The van der Waals surface area contributed by atoms with E-state index in [1.54, 1.807) is 10.7 Å². The summed E-state index contributed by atoms with van der Waals surface area (Å²) in [6, 6.07) is 15.4. The van der Waals surface area contributed by atoms with Crippen LogP contribution in [0.5, 0.6) is 0 Å². The molecule has 3 rings (SSSR count). The van der Waals surface area contributed by atoms with Gasteiger partial charge in [-0.05, 0) is 70.0 Å². The summed E-state index contributed by atoms with van der Waals surface area (Å²) in [5, 5.41) is 8.25. The molecule has 0 saturated carbocycles. The molecule has 140 valence electrons. The minimum absolute atomic E-state index is 0.190. The van der Waals surface area contributed by atoms with Gasteiger partial charge in [-0.25, -0.2) is 4.68 Å². The van der Waals surface area contributed by atoms with Crippen molar-refractivity contribution in [1.29, 1.82) is 0 Å². The van der Waals surface area contributed by atoms with Gasteiger partial charge in [0.1, 0.15) is 5.69 Å². The second kappa shape index (κ2) is 7.20. The number of nitrogens with one attached hydrogen (secondary N) is 1. The first-order valence-electron chi connectivity index (χ1n) is 8.91. The van der Waals surface area contributed by atoms with Crippen molar-refractivity contribution < 1.29 is 4.79 Å². The minimum Gasteiger partial charge on any atom is -0.346 e. The van der Waals surface area contributed by atoms with Gasteiger partial charge in [-0.2, -0.15) is 5.10 Å². The summed E-state index contributed by atoms with van der Waals surface area (Å²) in [6.07, 6.45) is 0. The number of para-hydroxylation sites is 1. The molecule has 0 saturated heterocycles. The Labute approximate surface area is 165 Å². The van der Waals surface area contributed by atoms with E-state index in [0.717, 1.165) is 11.3 Å². The van der Waals surface area contributed by atoms with Crippen molar-refractivity contribution in [3.63, 3.8) is 0 Å².